The van der Waals surface area contributed by atoms with Crippen molar-refractivity contribution in [1.29, 1.82) is 0 Å². The smallest absolute Gasteiger partial charge is 0.243 e. The van der Waals surface area contributed by atoms with Crippen molar-refractivity contribution < 1.29 is 34.1 Å². The lowest BCUT2D eigenvalue weighted by atomic mass is 9.99. The van der Waals surface area contributed by atoms with Gasteiger partial charge in [0, 0.05) is 50.2 Å². The van der Waals surface area contributed by atoms with Gasteiger partial charge in [0.05, 0.1) is 25.4 Å². The van der Waals surface area contributed by atoms with Gasteiger partial charge in [-0.2, -0.15) is 0 Å². The Hall–Kier alpha value is -2.86. The Morgan fingerprint density at radius 1 is 0.976 bits per heavy atom. The van der Waals surface area contributed by atoms with Crippen molar-refractivity contribution in [2.24, 2.45) is 0 Å². The number of hydroxylamine groups is 1. The lowest BCUT2D eigenvalue weighted by molar-refractivity contribution is -0.253. The number of ether oxygens (including phenoxy) is 3. The van der Waals surface area contributed by atoms with E-state index in [0.29, 0.717) is 37.6 Å². The number of rotatable bonds is 14. The number of carbonyl (C=O) groups excluding carboxylic acids is 2. The molecule has 4 N–H and O–H groups in total. The monoisotopic (exact) mass is 569 g/mol. The van der Waals surface area contributed by atoms with Crippen LogP contribution in [-0.2, 0) is 30.4 Å². The molecule has 2 aliphatic rings. The summed E-state index contributed by atoms with van der Waals surface area (Å²) in [7, 11) is 1.75. The van der Waals surface area contributed by atoms with Gasteiger partial charge in [0.15, 0.2) is 6.29 Å². The highest BCUT2D eigenvalue weighted by Gasteiger charge is 2.35. The first-order valence-electron chi connectivity index (χ1n) is 14.6. The zero-order valence-corrected chi connectivity index (χ0v) is 23.8. The number of carbonyl (C=O) groups is 2. The van der Waals surface area contributed by atoms with Gasteiger partial charge in [0.1, 0.15) is 0 Å². The van der Waals surface area contributed by atoms with Crippen molar-refractivity contribution in [2.45, 2.75) is 82.5 Å². The highest BCUT2D eigenvalue weighted by Crippen LogP contribution is 2.39. The van der Waals surface area contributed by atoms with Gasteiger partial charge in [0.2, 0.25) is 11.8 Å². The summed E-state index contributed by atoms with van der Waals surface area (Å²) < 4.78 is 18.4. The van der Waals surface area contributed by atoms with Gasteiger partial charge >= 0.3 is 0 Å². The Labute approximate surface area is 241 Å². The van der Waals surface area contributed by atoms with Crippen molar-refractivity contribution in [1.82, 2.24) is 10.4 Å². The molecule has 2 aromatic carbocycles. The van der Waals surface area contributed by atoms with Crippen LogP contribution < -0.4 is 10.8 Å². The number of hydrogen-bond donors (Lipinski definition) is 4. The number of nitrogens with one attached hydrogen (secondary N) is 2. The van der Waals surface area contributed by atoms with E-state index in [2.05, 4.69) is 10.2 Å². The van der Waals surface area contributed by atoms with Crippen LogP contribution in [0.3, 0.4) is 0 Å². The summed E-state index contributed by atoms with van der Waals surface area (Å²) in [4.78, 5) is 25.9. The summed E-state index contributed by atoms with van der Waals surface area (Å²) in [5, 5.41) is 20.9. The average Bonchev–Trinajstić information content (AvgIpc) is 3.43. The number of methoxy groups -OCH3 is 1. The van der Waals surface area contributed by atoms with E-state index in [-0.39, 0.29) is 31.1 Å². The summed E-state index contributed by atoms with van der Waals surface area (Å²) >= 11 is 0. The molecular weight excluding hydrogens is 526 g/mol. The molecule has 0 spiro atoms. The summed E-state index contributed by atoms with van der Waals surface area (Å²) in [5.74, 6) is -0.499. The van der Waals surface area contributed by atoms with Crippen LogP contribution in [0.1, 0.15) is 80.5 Å². The van der Waals surface area contributed by atoms with Gasteiger partial charge < -0.3 is 24.6 Å². The van der Waals surface area contributed by atoms with E-state index >= 15 is 0 Å². The van der Waals surface area contributed by atoms with Crippen molar-refractivity contribution in [3.8, 4) is 0 Å². The van der Waals surface area contributed by atoms with E-state index in [1.807, 2.05) is 48.5 Å². The molecule has 0 saturated carbocycles. The number of unbranched alkanes of at least 4 members (excludes halogenated alkanes) is 2. The fourth-order valence-corrected chi connectivity index (χ4v) is 5.56. The van der Waals surface area contributed by atoms with Crippen molar-refractivity contribution in [2.75, 3.05) is 32.1 Å². The van der Waals surface area contributed by atoms with Crippen molar-refractivity contribution >= 4 is 17.5 Å². The maximum Gasteiger partial charge on any atom is 0.243 e. The normalized spacial score (nSPS) is 22.9. The summed E-state index contributed by atoms with van der Waals surface area (Å²) in [6, 6.07) is 15.8. The van der Waals surface area contributed by atoms with Crippen LogP contribution >= 0.6 is 0 Å². The Kier molecular flexibility index (Phi) is 12.1. The molecule has 0 bridgehead atoms. The van der Waals surface area contributed by atoms with Crippen LogP contribution in [0.2, 0.25) is 0 Å². The molecule has 0 radical (unpaired) electrons. The number of nitrogens with zero attached hydrogens (tertiary/aromatic N) is 1. The second kappa shape index (κ2) is 16.0. The first kappa shape index (κ1) is 31.1. The van der Waals surface area contributed by atoms with E-state index in [1.54, 1.807) is 12.6 Å². The topological polar surface area (TPSA) is 130 Å². The zero-order chi connectivity index (χ0) is 29.0. The van der Waals surface area contributed by atoms with Crippen molar-refractivity contribution in [3.05, 3.63) is 65.2 Å². The molecule has 4 unspecified atom stereocenters. The van der Waals surface area contributed by atoms with Crippen LogP contribution in [0.5, 0.6) is 0 Å². The number of aliphatic hydroxyl groups is 1. The number of benzene rings is 2. The minimum Gasteiger partial charge on any atom is -0.392 e. The minimum absolute atomic E-state index is 0.00223. The van der Waals surface area contributed by atoms with Gasteiger partial charge in [0.25, 0.3) is 0 Å². The fraction of sp³-hybridized carbons (Fsp3) is 0.548. The van der Waals surface area contributed by atoms with E-state index in [1.165, 1.54) is 0 Å². The number of hydrogen-bond acceptors (Lipinski definition) is 8. The number of likely N-dealkylation sites (tertiary alicyclic amines) is 1. The standard InChI is InChI=1S/C31H43N3O7/c1-39-21-26-6-5-17-34(26)19-27-18-28(23-11-9-22(20-35)10-12-23)41-31(40-27)24-13-15-25(16-14-24)32-29(36)7-3-2-4-8-30(37)33-38/h9-16,26-28,31,35,38H,2-8,17-21H2,1H3,(H,32,36)(H,33,37). The van der Waals surface area contributed by atoms with Crippen LogP contribution in [-0.4, -0.2) is 66.0 Å². The summed E-state index contributed by atoms with van der Waals surface area (Å²) in [6.45, 7) is 2.55. The molecule has 224 valence electrons. The Morgan fingerprint density at radius 3 is 2.37 bits per heavy atom. The van der Waals surface area contributed by atoms with Gasteiger partial charge in [-0.3, -0.25) is 19.7 Å². The molecule has 0 aromatic heterocycles. The second-order valence-electron chi connectivity index (χ2n) is 10.9. The molecule has 10 nitrogen and oxygen atoms in total. The molecular formula is C31H43N3O7. The lowest BCUT2D eigenvalue weighted by Crippen LogP contribution is -2.42. The van der Waals surface area contributed by atoms with Crippen LogP contribution in [0, 0.1) is 0 Å². The number of aliphatic hydroxyl groups excluding tert-OH is 1. The summed E-state index contributed by atoms with van der Waals surface area (Å²) in [6.07, 6.45) is 4.87. The quantitative estimate of drug-likeness (QED) is 0.151. The number of amides is 2. The third-order valence-electron chi connectivity index (χ3n) is 7.81. The van der Waals surface area contributed by atoms with E-state index in [4.69, 9.17) is 19.4 Å². The van der Waals surface area contributed by atoms with Gasteiger partial charge in [-0.15, -0.1) is 0 Å². The molecule has 2 heterocycles. The van der Waals surface area contributed by atoms with E-state index in [9.17, 15) is 14.7 Å². The average molecular weight is 570 g/mol. The molecule has 2 aromatic rings. The molecule has 2 saturated heterocycles. The van der Waals surface area contributed by atoms with E-state index in [0.717, 1.165) is 55.5 Å². The van der Waals surface area contributed by atoms with Crippen LogP contribution in [0.25, 0.3) is 0 Å². The predicted molar refractivity (Wildman–Crippen MR) is 153 cm³/mol. The maximum absolute atomic E-state index is 12.4. The number of anilines is 1. The maximum atomic E-state index is 12.4. The summed E-state index contributed by atoms with van der Waals surface area (Å²) in [5.41, 5.74) is 5.10. The first-order chi connectivity index (χ1) is 20.0. The van der Waals surface area contributed by atoms with Crippen LogP contribution in [0.4, 0.5) is 5.69 Å². The molecule has 2 fully saturated rings. The first-order valence-corrected chi connectivity index (χ1v) is 14.6. The predicted octanol–water partition coefficient (Wildman–Crippen LogP) is 4.23. The van der Waals surface area contributed by atoms with Gasteiger partial charge in [-0.1, -0.05) is 42.8 Å². The Morgan fingerprint density at radius 2 is 1.68 bits per heavy atom. The fourth-order valence-electron chi connectivity index (χ4n) is 5.56. The van der Waals surface area contributed by atoms with E-state index < -0.39 is 12.2 Å². The third kappa shape index (κ3) is 9.32. The second-order valence-corrected chi connectivity index (χ2v) is 10.9. The zero-order valence-electron chi connectivity index (χ0n) is 23.8. The van der Waals surface area contributed by atoms with Crippen molar-refractivity contribution in [3.63, 3.8) is 0 Å². The van der Waals surface area contributed by atoms with Gasteiger partial charge in [-0.25, -0.2) is 5.48 Å². The largest absolute Gasteiger partial charge is 0.392 e. The molecule has 4 rings (SSSR count). The van der Waals surface area contributed by atoms with Gasteiger partial charge in [-0.05, 0) is 55.5 Å². The molecule has 4 atom stereocenters. The highest BCUT2D eigenvalue weighted by atomic mass is 16.7. The highest BCUT2D eigenvalue weighted by molar-refractivity contribution is 5.90. The molecule has 2 amide bonds. The van der Waals surface area contributed by atoms with Crippen LogP contribution in [0.15, 0.2) is 48.5 Å². The third-order valence-corrected chi connectivity index (χ3v) is 7.81. The molecule has 0 aliphatic carbocycles. The molecule has 41 heavy (non-hydrogen) atoms. The Bertz CT molecular complexity index is 1100. The minimum atomic E-state index is -0.555. The SMILES string of the molecule is COCC1CCCN1CC1CC(c2ccc(CO)cc2)OC(c2ccc(NC(=O)CCCCCC(=O)NO)cc2)O1. The Balaban J connectivity index is 1.37. The lowest BCUT2D eigenvalue weighted by Gasteiger charge is -2.38. The molecule has 10 heteroatoms. The molecule has 2 aliphatic heterocycles.